The largest absolute Gasteiger partial charge is 0.423 e. The number of benzene rings is 1. The van der Waals surface area contributed by atoms with Gasteiger partial charge in [-0.3, -0.25) is 0 Å². The minimum atomic E-state index is -0.365. The van der Waals surface area contributed by atoms with E-state index >= 15 is 0 Å². The summed E-state index contributed by atoms with van der Waals surface area (Å²) in [5.41, 5.74) is 0.932. The fourth-order valence-corrected chi connectivity index (χ4v) is 1.63. The molecule has 0 saturated heterocycles. The van der Waals surface area contributed by atoms with Crippen LogP contribution in [0.5, 0.6) is 0 Å². The van der Waals surface area contributed by atoms with Gasteiger partial charge >= 0.3 is 5.63 Å². The van der Waals surface area contributed by atoms with Gasteiger partial charge in [-0.05, 0) is 24.3 Å². The molecule has 3 rings (SSSR count). The number of nitrogens with one attached hydrogen (secondary N) is 1. The third-order valence-corrected chi connectivity index (χ3v) is 2.45. The lowest BCUT2D eigenvalue weighted by Crippen LogP contribution is -1.97. The van der Waals surface area contributed by atoms with Gasteiger partial charge in [0.25, 0.3) is 0 Å². The highest BCUT2D eigenvalue weighted by molar-refractivity contribution is 5.80. The molecule has 0 spiro atoms. The Bertz CT molecular complexity index is 738. The molecule has 0 amide bonds. The summed E-state index contributed by atoms with van der Waals surface area (Å²) in [4.78, 5) is 19.3. The van der Waals surface area contributed by atoms with Crippen molar-refractivity contribution in [2.24, 2.45) is 0 Å². The quantitative estimate of drug-likeness (QED) is 0.695. The minimum absolute atomic E-state index is 0.365. The van der Waals surface area contributed by atoms with E-state index in [0.29, 0.717) is 11.5 Å². The molecular formula is C13H9N3O2. The summed E-state index contributed by atoms with van der Waals surface area (Å²) in [6, 6.07) is 10.3. The number of rotatable bonds is 2. The van der Waals surface area contributed by atoms with Crippen LogP contribution in [0.2, 0.25) is 0 Å². The number of hydrogen-bond acceptors (Lipinski definition) is 5. The summed E-state index contributed by atoms with van der Waals surface area (Å²) in [6.07, 6.45) is 3.30. The van der Waals surface area contributed by atoms with E-state index in [4.69, 9.17) is 4.42 Å². The van der Waals surface area contributed by atoms with E-state index in [2.05, 4.69) is 15.3 Å². The van der Waals surface area contributed by atoms with Crippen LogP contribution in [0.25, 0.3) is 11.0 Å². The van der Waals surface area contributed by atoms with Crippen molar-refractivity contribution in [3.63, 3.8) is 0 Å². The lowest BCUT2D eigenvalue weighted by molar-refractivity contribution is 0.561. The van der Waals surface area contributed by atoms with Gasteiger partial charge in [-0.2, -0.15) is 0 Å². The van der Waals surface area contributed by atoms with Crippen molar-refractivity contribution in [2.45, 2.75) is 0 Å². The average molecular weight is 239 g/mol. The Morgan fingerprint density at radius 1 is 1.06 bits per heavy atom. The summed E-state index contributed by atoms with van der Waals surface area (Å²) in [5.74, 6) is 0.495. The van der Waals surface area contributed by atoms with Crippen LogP contribution in [0.3, 0.4) is 0 Å². The Morgan fingerprint density at radius 3 is 2.67 bits per heavy atom. The molecule has 0 unspecified atom stereocenters. The second-order valence-electron chi connectivity index (χ2n) is 3.70. The van der Waals surface area contributed by atoms with Crippen molar-refractivity contribution in [3.8, 4) is 0 Å². The zero-order chi connectivity index (χ0) is 12.4. The molecule has 0 aliphatic rings. The molecule has 0 radical (unpaired) electrons. The highest BCUT2D eigenvalue weighted by Gasteiger charge is 2.00. The second-order valence-corrected chi connectivity index (χ2v) is 3.70. The van der Waals surface area contributed by atoms with Gasteiger partial charge in [-0.1, -0.05) is 0 Å². The topological polar surface area (TPSA) is 68.0 Å². The molecule has 5 nitrogen and oxygen atoms in total. The minimum Gasteiger partial charge on any atom is -0.423 e. The van der Waals surface area contributed by atoms with Gasteiger partial charge in [0.2, 0.25) is 5.95 Å². The predicted octanol–water partition coefficient (Wildman–Crippen LogP) is 2.33. The Hall–Kier alpha value is -2.69. The highest BCUT2D eigenvalue weighted by atomic mass is 16.4. The van der Waals surface area contributed by atoms with Crippen molar-refractivity contribution in [3.05, 3.63) is 59.2 Å². The van der Waals surface area contributed by atoms with Gasteiger partial charge in [-0.25, -0.2) is 14.8 Å². The maximum Gasteiger partial charge on any atom is 0.336 e. The highest BCUT2D eigenvalue weighted by Crippen LogP contribution is 2.19. The van der Waals surface area contributed by atoms with Gasteiger partial charge in [0.15, 0.2) is 0 Å². The zero-order valence-corrected chi connectivity index (χ0v) is 9.33. The molecule has 5 heteroatoms. The molecule has 0 fully saturated rings. The molecule has 18 heavy (non-hydrogen) atoms. The molecule has 2 aromatic heterocycles. The van der Waals surface area contributed by atoms with E-state index < -0.39 is 0 Å². The third kappa shape index (κ3) is 2.06. The van der Waals surface area contributed by atoms with E-state index in [9.17, 15) is 4.79 Å². The number of anilines is 2. The maximum atomic E-state index is 11.1. The summed E-state index contributed by atoms with van der Waals surface area (Å²) in [7, 11) is 0. The number of nitrogens with zero attached hydrogens (tertiary/aromatic N) is 2. The van der Waals surface area contributed by atoms with Crippen molar-refractivity contribution < 1.29 is 4.42 Å². The van der Waals surface area contributed by atoms with Gasteiger partial charge in [0.1, 0.15) is 5.58 Å². The molecule has 0 atom stereocenters. The van der Waals surface area contributed by atoms with Crippen molar-refractivity contribution in [1.29, 1.82) is 0 Å². The lowest BCUT2D eigenvalue weighted by Gasteiger charge is -2.04. The standard InChI is InChI=1S/C13H9N3O2/c17-12-5-3-9-2-4-10(8-11(9)18-12)16-13-14-6-1-7-15-13/h1-8H,(H,14,15,16). The van der Waals surface area contributed by atoms with Crippen LogP contribution in [0.4, 0.5) is 11.6 Å². The summed E-state index contributed by atoms with van der Waals surface area (Å²) < 4.78 is 5.10. The van der Waals surface area contributed by atoms with Crippen LogP contribution < -0.4 is 10.9 Å². The monoisotopic (exact) mass is 239 g/mol. The van der Waals surface area contributed by atoms with Gasteiger partial charge in [0, 0.05) is 35.6 Å². The molecule has 2 heterocycles. The molecule has 3 aromatic rings. The average Bonchev–Trinajstić information content (AvgIpc) is 2.39. The van der Waals surface area contributed by atoms with Gasteiger partial charge in [0.05, 0.1) is 0 Å². The molecule has 0 bridgehead atoms. The Morgan fingerprint density at radius 2 is 1.83 bits per heavy atom. The predicted molar refractivity (Wildman–Crippen MR) is 67.8 cm³/mol. The van der Waals surface area contributed by atoms with E-state index in [1.54, 1.807) is 30.6 Å². The van der Waals surface area contributed by atoms with Crippen LogP contribution >= 0.6 is 0 Å². The van der Waals surface area contributed by atoms with Crippen LogP contribution in [-0.2, 0) is 0 Å². The lowest BCUT2D eigenvalue weighted by atomic mass is 10.2. The molecule has 0 saturated carbocycles. The first-order valence-electron chi connectivity index (χ1n) is 5.39. The Balaban J connectivity index is 2.00. The molecule has 0 aliphatic heterocycles. The van der Waals surface area contributed by atoms with Crippen molar-refractivity contribution >= 4 is 22.6 Å². The normalized spacial score (nSPS) is 10.4. The van der Waals surface area contributed by atoms with Crippen LogP contribution in [-0.4, -0.2) is 9.97 Å². The van der Waals surface area contributed by atoms with Crippen LogP contribution in [0, 0.1) is 0 Å². The smallest absolute Gasteiger partial charge is 0.336 e. The molecular weight excluding hydrogens is 230 g/mol. The van der Waals surface area contributed by atoms with E-state index in [1.165, 1.54) is 6.07 Å². The van der Waals surface area contributed by atoms with Gasteiger partial charge < -0.3 is 9.73 Å². The summed E-state index contributed by atoms with van der Waals surface area (Å²) >= 11 is 0. The third-order valence-electron chi connectivity index (χ3n) is 2.45. The first-order valence-corrected chi connectivity index (χ1v) is 5.39. The fourth-order valence-electron chi connectivity index (χ4n) is 1.63. The molecule has 88 valence electrons. The van der Waals surface area contributed by atoms with E-state index in [-0.39, 0.29) is 5.63 Å². The number of aromatic nitrogens is 2. The Labute approximate surface area is 102 Å². The second kappa shape index (κ2) is 4.29. The first kappa shape index (κ1) is 10.5. The molecule has 1 N–H and O–H groups in total. The van der Waals surface area contributed by atoms with Crippen LogP contribution in [0.1, 0.15) is 0 Å². The fraction of sp³-hybridized carbons (Fsp3) is 0. The van der Waals surface area contributed by atoms with Crippen molar-refractivity contribution in [1.82, 2.24) is 9.97 Å². The van der Waals surface area contributed by atoms with Gasteiger partial charge in [-0.15, -0.1) is 0 Å². The zero-order valence-electron chi connectivity index (χ0n) is 9.33. The number of hydrogen-bond donors (Lipinski definition) is 1. The SMILES string of the molecule is O=c1ccc2ccc(Nc3ncccn3)cc2o1. The van der Waals surface area contributed by atoms with E-state index in [1.807, 2.05) is 12.1 Å². The number of fused-ring (bicyclic) bond motifs is 1. The Kier molecular flexibility index (Phi) is 2.49. The van der Waals surface area contributed by atoms with Crippen molar-refractivity contribution in [2.75, 3.05) is 5.32 Å². The molecule has 1 aromatic carbocycles. The summed E-state index contributed by atoms with van der Waals surface area (Å²) in [5, 5.41) is 3.90. The summed E-state index contributed by atoms with van der Waals surface area (Å²) in [6.45, 7) is 0. The molecule has 0 aliphatic carbocycles. The van der Waals surface area contributed by atoms with E-state index in [0.717, 1.165) is 11.1 Å². The first-order chi connectivity index (χ1) is 8.81. The maximum absolute atomic E-state index is 11.1. The van der Waals surface area contributed by atoms with Crippen LogP contribution in [0.15, 0.2) is 58.0 Å².